The molecule has 0 aliphatic heterocycles. The molecule has 0 spiro atoms. The first-order valence-electron chi connectivity index (χ1n) is 5.61. The Bertz CT molecular complexity index is 672. The van der Waals surface area contributed by atoms with E-state index in [2.05, 4.69) is 14.7 Å². The van der Waals surface area contributed by atoms with E-state index in [0.717, 1.165) is 18.3 Å². The Morgan fingerprint density at radius 2 is 1.86 bits per heavy atom. The maximum Gasteiger partial charge on any atom is 0.416 e. The summed E-state index contributed by atoms with van der Waals surface area (Å²) in [6.07, 6.45) is -3.25. The van der Waals surface area contributed by atoms with E-state index in [-0.39, 0.29) is 16.5 Å². The lowest BCUT2D eigenvalue weighted by molar-refractivity contribution is -0.137. The molecule has 2 rings (SSSR count). The van der Waals surface area contributed by atoms with E-state index < -0.39 is 17.7 Å². The van der Waals surface area contributed by atoms with E-state index in [4.69, 9.17) is 11.6 Å². The summed E-state index contributed by atoms with van der Waals surface area (Å²) in [6, 6.07) is 4.29. The lowest BCUT2D eigenvalue weighted by Crippen LogP contribution is -2.06. The number of rotatable bonds is 2. The second-order valence-corrected chi connectivity index (χ2v) is 4.32. The van der Waals surface area contributed by atoms with Crippen molar-refractivity contribution < 1.29 is 22.7 Å². The molecule has 8 heteroatoms. The van der Waals surface area contributed by atoms with Crippen molar-refractivity contribution in [2.24, 2.45) is 0 Å². The van der Waals surface area contributed by atoms with Gasteiger partial charge in [0.15, 0.2) is 5.82 Å². The van der Waals surface area contributed by atoms with Crippen molar-refractivity contribution in [1.29, 1.82) is 0 Å². The molecule has 0 atom stereocenters. The van der Waals surface area contributed by atoms with Crippen molar-refractivity contribution in [1.82, 2.24) is 9.97 Å². The van der Waals surface area contributed by atoms with Crippen molar-refractivity contribution in [2.75, 3.05) is 7.11 Å². The van der Waals surface area contributed by atoms with Crippen LogP contribution in [0.4, 0.5) is 13.2 Å². The minimum absolute atomic E-state index is 0.0187. The van der Waals surface area contributed by atoms with Gasteiger partial charge in [-0.2, -0.15) is 13.2 Å². The minimum atomic E-state index is -4.41. The fourth-order valence-electron chi connectivity index (χ4n) is 1.56. The summed E-state index contributed by atoms with van der Waals surface area (Å²) in [5.41, 5.74) is -0.445. The first-order chi connectivity index (χ1) is 9.82. The van der Waals surface area contributed by atoms with Gasteiger partial charge in [0, 0.05) is 11.8 Å². The SMILES string of the molecule is COC(=O)c1cnc(-c2ccc(C(F)(F)F)cc2)nc1Cl. The van der Waals surface area contributed by atoms with Crippen molar-refractivity contribution in [2.45, 2.75) is 6.18 Å². The maximum atomic E-state index is 12.5. The summed E-state index contributed by atoms with van der Waals surface area (Å²) in [5, 5.41) is -0.133. The Hall–Kier alpha value is -2.15. The Kier molecular flexibility index (Phi) is 4.13. The molecule has 0 saturated heterocycles. The molecular weight excluding hydrogens is 309 g/mol. The van der Waals surface area contributed by atoms with Gasteiger partial charge < -0.3 is 4.74 Å². The van der Waals surface area contributed by atoms with Gasteiger partial charge in [-0.15, -0.1) is 0 Å². The smallest absolute Gasteiger partial charge is 0.416 e. The van der Waals surface area contributed by atoms with Crippen LogP contribution in [0.25, 0.3) is 11.4 Å². The quantitative estimate of drug-likeness (QED) is 0.627. The van der Waals surface area contributed by atoms with Crippen molar-refractivity contribution in [3.05, 3.63) is 46.7 Å². The van der Waals surface area contributed by atoms with Gasteiger partial charge in [0.05, 0.1) is 12.7 Å². The van der Waals surface area contributed by atoms with Crippen LogP contribution in [-0.4, -0.2) is 23.0 Å². The third kappa shape index (κ3) is 3.30. The highest BCUT2D eigenvalue weighted by molar-refractivity contribution is 6.32. The van der Waals surface area contributed by atoms with Crippen LogP contribution in [0, 0.1) is 0 Å². The standard InChI is InChI=1S/C13H8ClF3N2O2/c1-21-12(20)9-6-18-11(19-10(9)14)7-2-4-8(5-3-7)13(15,16)17/h2-6H,1H3. The summed E-state index contributed by atoms with van der Waals surface area (Å²) in [7, 11) is 1.18. The Balaban J connectivity index is 2.35. The summed E-state index contributed by atoms with van der Waals surface area (Å²) in [5.74, 6) is -0.583. The number of nitrogens with zero attached hydrogens (tertiary/aromatic N) is 2. The third-order valence-electron chi connectivity index (χ3n) is 2.62. The molecule has 0 saturated carbocycles. The van der Waals surface area contributed by atoms with Gasteiger partial charge in [-0.3, -0.25) is 0 Å². The fraction of sp³-hybridized carbons (Fsp3) is 0.154. The number of carbonyl (C=O) groups excluding carboxylic acids is 1. The zero-order valence-corrected chi connectivity index (χ0v) is 11.4. The van der Waals surface area contributed by atoms with E-state index in [1.165, 1.54) is 19.2 Å². The lowest BCUT2D eigenvalue weighted by atomic mass is 10.1. The number of esters is 1. The topological polar surface area (TPSA) is 52.1 Å². The molecule has 0 radical (unpaired) electrons. The van der Waals surface area contributed by atoms with Gasteiger partial charge in [0.25, 0.3) is 0 Å². The number of alkyl halides is 3. The van der Waals surface area contributed by atoms with Crippen LogP contribution >= 0.6 is 11.6 Å². The van der Waals surface area contributed by atoms with Crippen LogP contribution < -0.4 is 0 Å². The van der Waals surface area contributed by atoms with Crippen molar-refractivity contribution in [3.63, 3.8) is 0 Å². The summed E-state index contributed by atoms with van der Waals surface area (Å²) in [4.78, 5) is 19.1. The third-order valence-corrected chi connectivity index (χ3v) is 2.91. The van der Waals surface area contributed by atoms with Gasteiger partial charge in [-0.25, -0.2) is 14.8 Å². The fourth-order valence-corrected chi connectivity index (χ4v) is 1.76. The first-order valence-corrected chi connectivity index (χ1v) is 5.99. The number of halogens is 4. The van der Waals surface area contributed by atoms with Crippen LogP contribution in [0.1, 0.15) is 15.9 Å². The molecule has 0 aliphatic carbocycles. The Labute approximate surface area is 122 Å². The molecule has 1 heterocycles. The second kappa shape index (κ2) is 5.69. The average Bonchev–Trinajstić information content (AvgIpc) is 2.45. The molecule has 0 bridgehead atoms. The summed E-state index contributed by atoms with van der Waals surface area (Å²) >= 11 is 5.82. The predicted molar refractivity (Wildman–Crippen MR) is 68.8 cm³/mol. The maximum absolute atomic E-state index is 12.5. The molecule has 1 aromatic carbocycles. The molecule has 0 aliphatic rings. The van der Waals surface area contributed by atoms with E-state index in [1.807, 2.05) is 0 Å². The molecule has 1 aromatic heterocycles. The number of aromatic nitrogens is 2. The number of hydrogen-bond acceptors (Lipinski definition) is 4. The number of hydrogen-bond donors (Lipinski definition) is 0. The second-order valence-electron chi connectivity index (χ2n) is 3.96. The Morgan fingerprint density at radius 1 is 1.24 bits per heavy atom. The van der Waals surface area contributed by atoms with Gasteiger partial charge in [-0.1, -0.05) is 23.7 Å². The van der Waals surface area contributed by atoms with E-state index in [0.29, 0.717) is 5.56 Å². The van der Waals surface area contributed by atoms with E-state index >= 15 is 0 Å². The number of benzene rings is 1. The predicted octanol–water partition coefficient (Wildman–Crippen LogP) is 3.60. The van der Waals surface area contributed by atoms with Crippen LogP contribution in [0.15, 0.2) is 30.5 Å². The molecule has 0 unspecified atom stereocenters. The molecule has 21 heavy (non-hydrogen) atoms. The summed E-state index contributed by atoms with van der Waals surface area (Å²) in [6.45, 7) is 0. The molecule has 4 nitrogen and oxygen atoms in total. The van der Waals surface area contributed by atoms with Gasteiger partial charge in [0.1, 0.15) is 10.7 Å². The number of ether oxygens (including phenoxy) is 1. The zero-order chi connectivity index (χ0) is 15.6. The summed E-state index contributed by atoms with van der Waals surface area (Å²) < 4.78 is 41.9. The highest BCUT2D eigenvalue weighted by Crippen LogP contribution is 2.30. The molecule has 0 amide bonds. The zero-order valence-electron chi connectivity index (χ0n) is 10.6. The normalized spacial score (nSPS) is 11.3. The van der Waals surface area contributed by atoms with E-state index in [1.54, 1.807) is 0 Å². The molecular formula is C13H8ClF3N2O2. The van der Waals surface area contributed by atoms with Gasteiger partial charge >= 0.3 is 12.1 Å². The van der Waals surface area contributed by atoms with E-state index in [9.17, 15) is 18.0 Å². The van der Waals surface area contributed by atoms with Crippen molar-refractivity contribution in [3.8, 4) is 11.4 Å². The minimum Gasteiger partial charge on any atom is -0.465 e. The van der Waals surface area contributed by atoms with Crippen LogP contribution in [0.2, 0.25) is 5.15 Å². The largest absolute Gasteiger partial charge is 0.465 e. The monoisotopic (exact) mass is 316 g/mol. The van der Waals surface area contributed by atoms with Crippen LogP contribution in [0.3, 0.4) is 0 Å². The first kappa shape index (κ1) is 15.2. The Morgan fingerprint density at radius 3 is 2.33 bits per heavy atom. The highest BCUT2D eigenvalue weighted by atomic mass is 35.5. The lowest BCUT2D eigenvalue weighted by Gasteiger charge is -2.07. The van der Waals surface area contributed by atoms with Crippen LogP contribution in [-0.2, 0) is 10.9 Å². The molecule has 0 N–H and O–H groups in total. The van der Waals surface area contributed by atoms with Gasteiger partial charge in [0.2, 0.25) is 0 Å². The average molecular weight is 317 g/mol. The number of methoxy groups -OCH3 is 1. The van der Waals surface area contributed by atoms with Gasteiger partial charge in [-0.05, 0) is 12.1 Å². The molecule has 2 aromatic rings. The molecule has 0 fully saturated rings. The molecule has 110 valence electrons. The van der Waals surface area contributed by atoms with Crippen LogP contribution in [0.5, 0.6) is 0 Å². The number of carbonyl (C=O) groups is 1. The highest BCUT2D eigenvalue weighted by Gasteiger charge is 2.30. The van der Waals surface area contributed by atoms with Crippen molar-refractivity contribution >= 4 is 17.6 Å².